The first-order valence-corrected chi connectivity index (χ1v) is 12.8. The quantitative estimate of drug-likeness (QED) is 0.134. The van der Waals surface area contributed by atoms with Crippen LogP contribution in [-0.2, 0) is 6.61 Å². The first-order chi connectivity index (χ1) is 18.8. The first-order valence-electron chi connectivity index (χ1n) is 12.0. The van der Waals surface area contributed by atoms with E-state index in [1.165, 1.54) is 35.6 Å². The zero-order valence-electron chi connectivity index (χ0n) is 21.1. The Morgan fingerprint density at radius 1 is 1.08 bits per heavy atom. The number of aryl methyl sites for hydroxylation is 1. The number of carbonyl (C=O) groups is 1. The van der Waals surface area contributed by atoms with Crippen LogP contribution in [0.15, 0.2) is 84.0 Å². The molecule has 2 aromatic heterocycles. The molecule has 1 N–H and O–H groups in total. The van der Waals surface area contributed by atoms with Crippen molar-refractivity contribution in [1.82, 2.24) is 9.99 Å². The van der Waals surface area contributed by atoms with Crippen molar-refractivity contribution in [3.8, 4) is 11.4 Å². The lowest BCUT2D eigenvalue weighted by atomic mass is 10.2. The number of non-ortho nitro benzene ring substituents is 1. The molecule has 1 amide bonds. The molecule has 8 nitrogen and oxygen atoms in total. The molecule has 0 radical (unpaired) electrons. The fraction of sp³-hybridized carbons (Fsp3) is 0.103. The highest BCUT2D eigenvalue weighted by Gasteiger charge is 2.14. The van der Waals surface area contributed by atoms with Crippen molar-refractivity contribution in [2.24, 2.45) is 5.10 Å². The van der Waals surface area contributed by atoms with Crippen LogP contribution >= 0.6 is 11.3 Å². The summed E-state index contributed by atoms with van der Waals surface area (Å²) in [5.41, 5.74) is 7.13. The number of nitro benzene ring substituents is 1. The zero-order valence-corrected chi connectivity index (χ0v) is 21.9. The van der Waals surface area contributed by atoms with Crippen molar-refractivity contribution in [1.29, 1.82) is 0 Å². The maximum absolute atomic E-state index is 13.1. The van der Waals surface area contributed by atoms with Gasteiger partial charge in [-0.1, -0.05) is 12.1 Å². The smallest absolute Gasteiger partial charge is 0.281 e. The molecular formula is C29H23FN4O4S. The largest absolute Gasteiger partial charge is 0.489 e. The number of hydrogen-bond donors (Lipinski definition) is 1. The van der Waals surface area contributed by atoms with Crippen LogP contribution in [0.5, 0.6) is 5.75 Å². The number of fused-ring (bicyclic) bond motifs is 1. The molecule has 0 unspecified atom stereocenters. The van der Waals surface area contributed by atoms with Crippen molar-refractivity contribution >= 4 is 39.2 Å². The lowest BCUT2D eigenvalue weighted by molar-refractivity contribution is -0.384. The van der Waals surface area contributed by atoms with Gasteiger partial charge in [0.15, 0.2) is 0 Å². The number of halogens is 1. The molecule has 10 heteroatoms. The van der Waals surface area contributed by atoms with Crippen molar-refractivity contribution in [3.63, 3.8) is 0 Å². The molecule has 0 saturated heterocycles. The van der Waals surface area contributed by atoms with E-state index in [1.807, 2.05) is 44.2 Å². The molecule has 0 spiro atoms. The topological polar surface area (TPSA) is 98.8 Å². The average molecular weight is 543 g/mol. The van der Waals surface area contributed by atoms with Gasteiger partial charge in [-0.3, -0.25) is 14.9 Å². The second-order valence-corrected chi connectivity index (χ2v) is 9.94. The highest BCUT2D eigenvalue weighted by Crippen LogP contribution is 2.29. The summed E-state index contributed by atoms with van der Waals surface area (Å²) in [4.78, 5) is 23.6. The van der Waals surface area contributed by atoms with Gasteiger partial charge in [-0.05, 0) is 74.0 Å². The number of aromatic nitrogens is 1. The Kier molecular flexibility index (Phi) is 7.20. The lowest BCUT2D eigenvalue weighted by Crippen LogP contribution is -2.16. The second-order valence-electron chi connectivity index (χ2n) is 8.86. The Morgan fingerprint density at radius 2 is 1.82 bits per heavy atom. The summed E-state index contributed by atoms with van der Waals surface area (Å²) in [5, 5.41) is 15.8. The number of hydrogen-bond acceptors (Lipinski definition) is 6. The van der Waals surface area contributed by atoms with Crippen molar-refractivity contribution in [3.05, 3.63) is 122 Å². The monoisotopic (exact) mass is 542 g/mol. The molecule has 0 bridgehead atoms. The summed E-state index contributed by atoms with van der Waals surface area (Å²) in [6.45, 7) is 4.29. The van der Waals surface area contributed by atoms with Gasteiger partial charge in [0.25, 0.3) is 11.6 Å². The highest BCUT2D eigenvalue weighted by atomic mass is 32.1. The summed E-state index contributed by atoms with van der Waals surface area (Å²) < 4.78 is 21.8. The molecule has 0 saturated carbocycles. The van der Waals surface area contributed by atoms with Crippen molar-refractivity contribution < 1.29 is 18.8 Å². The van der Waals surface area contributed by atoms with Crippen LogP contribution in [0.4, 0.5) is 10.1 Å². The van der Waals surface area contributed by atoms with Crippen LogP contribution in [-0.4, -0.2) is 21.6 Å². The number of hydrazone groups is 1. The van der Waals surface area contributed by atoms with Gasteiger partial charge in [-0.25, -0.2) is 9.82 Å². The molecule has 39 heavy (non-hydrogen) atoms. The molecule has 0 fully saturated rings. The van der Waals surface area contributed by atoms with Crippen LogP contribution in [0.2, 0.25) is 0 Å². The lowest BCUT2D eigenvalue weighted by Gasteiger charge is -2.11. The molecule has 5 rings (SSSR count). The molecule has 0 aliphatic carbocycles. The minimum Gasteiger partial charge on any atom is -0.489 e. The minimum atomic E-state index is -0.462. The maximum atomic E-state index is 13.1. The van der Waals surface area contributed by atoms with Crippen LogP contribution in [0.1, 0.15) is 32.2 Å². The van der Waals surface area contributed by atoms with Crippen molar-refractivity contribution in [2.45, 2.75) is 20.5 Å². The van der Waals surface area contributed by atoms with Gasteiger partial charge < -0.3 is 9.30 Å². The number of thiophene rings is 1. The van der Waals surface area contributed by atoms with Gasteiger partial charge >= 0.3 is 0 Å². The number of amides is 1. The van der Waals surface area contributed by atoms with E-state index in [-0.39, 0.29) is 17.4 Å². The Balaban J connectivity index is 1.24. The summed E-state index contributed by atoms with van der Waals surface area (Å²) in [6.07, 6.45) is 1.59. The summed E-state index contributed by atoms with van der Waals surface area (Å²) >= 11 is 1.24. The summed E-state index contributed by atoms with van der Waals surface area (Å²) in [5.74, 6) is 0.0321. The molecule has 196 valence electrons. The van der Waals surface area contributed by atoms with E-state index in [4.69, 9.17) is 4.74 Å². The van der Waals surface area contributed by atoms with E-state index >= 15 is 0 Å². The minimum absolute atomic E-state index is 0.0206. The standard InChI is InChI=1S/C29H23FN4O4S/c1-18-13-22(16-31-32-29(35)28-15-21-14-25(34(36)37)9-12-27(21)39-28)19(2)33(18)24-7-10-26(11-8-24)38-17-20-3-5-23(30)6-4-20/h3-16H,17H2,1-2H3,(H,32,35)/b31-16-. The third-order valence-electron chi connectivity index (χ3n) is 6.19. The summed E-state index contributed by atoms with van der Waals surface area (Å²) in [6, 6.07) is 22.0. The normalized spacial score (nSPS) is 11.3. The van der Waals surface area contributed by atoms with E-state index in [0.717, 1.165) is 32.9 Å². The Bertz CT molecular complexity index is 1710. The van der Waals surface area contributed by atoms with E-state index in [2.05, 4.69) is 15.1 Å². The fourth-order valence-corrected chi connectivity index (χ4v) is 5.16. The molecule has 0 aliphatic heterocycles. The number of nitrogens with one attached hydrogen (secondary N) is 1. The van der Waals surface area contributed by atoms with E-state index in [9.17, 15) is 19.3 Å². The Morgan fingerprint density at radius 3 is 2.54 bits per heavy atom. The first kappa shape index (κ1) is 25.8. The molecule has 0 aliphatic rings. The number of carbonyl (C=O) groups excluding carboxylic acids is 1. The van der Waals surface area contributed by atoms with Crippen LogP contribution in [0.25, 0.3) is 15.8 Å². The highest BCUT2D eigenvalue weighted by molar-refractivity contribution is 7.20. The zero-order chi connectivity index (χ0) is 27.5. The third-order valence-corrected chi connectivity index (χ3v) is 7.30. The van der Waals surface area contributed by atoms with Crippen LogP contribution < -0.4 is 10.2 Å². The Hall–Kier alpha value is -4.83. The van der Waals surface area contributed by atoms with Gasteiger partial charge in [0, 0.05) is 44.9 Å². The predicted molar refractivity (Wildman–Crippen MR) is 150 cm³/mol. The van der Waals surface area contributed by atoms with Gasteiger partial charge in [-0.15, -0.1) is 11.3 Å². The van der Waals surface area contributed by atoms with E-state index in [1.54, 1.807) is 30.5 Å². The number of ether oxygens (including phenoxy) is 1. The van der Waals surface area contributed by atoms with E-state index in [0.29, 0.717) is 22.6 Å². The average Bonchev–Trinajstić information content (AvgIpc) is 3.48. The number of benzene rings is 3. The number of nitrogens with zero attached hydrogens (tertiary/aromatic N) is 3. The summed E-state index contributed by atoms with van der Waals surface area (Å²) in [7, 11) is 0. The van der Waals surface area contributed by atoms with Crippen molar-refractivity contribution in [2.75, 3.05) is 0 Å². The molecule has 2 heterocycles. The third kappa shape index (κ3) is 5.70. The Labute approximate surface area is 227 Å². The van der Waals surface area contributed by atoms with Gasteiger partial charge in [-0.2, -0.15) is 5.10 Å². The molecule has 3 aromatic carbocycles. The SMILES string of the molecule is Cc1cc(/C=N\NC(=O)c2cc3cc([N+](=O)[O-])ccc3s2)c(C)n1-c1ccc(OCc2ccc(F)cc2)cc1. The fourth-order valence-electron chi connectivity index (χ4n) is 4.23. The second kappa shape index (κ2) is 10.9. The number of rotatable bonds is 8. The maximum Gasteiger partial charge on any atom is 0.281 e. The van der Waals surface area contributed by atoms with Gasteiger partial charge in [0.05, 0.1) is 16.0 Å². The van der Waals surface area contributed by atoms with Gasteiger partial charge in [0.2, 0.25) is 0 Å². The molecule has 5 aromatic rings. The molecular weight excluding hydrogens is 519 g/mol. The predicted octanol–water partition coefficient (Wildman–Crippen LogP) is 6.70. The van der Waals surface area contributed by atoms with E-state index < -0.39 is 4.92 Å². The van der Waals surface area contributed by atoms with Crippen LogP contribution in [0.3, 0.4) is 0 Å². The molecule has 0 atom stereocenters. The number of nitro groups is 1. The van der Waals surface area contributed by atoms with Gasteiger partial charge in [0.1, 0.15) is 18.2 Å². The van der Waals surface area contributed by atoms with Crippen LogP contribution in [0, 0.1) is 29.8 Å².